The molecule has 0 atom stereocenters. The lowest BCUT2D eigenvalue weighted by atomic mass is 10.4. The zero-order valence-electron chi connectivity index (χ0n) is 9.45. The van der Waals surface area contributed by atoms with E-state index in [1.54, 1.807) is 12.3 Å². The molecule has 0 bridgehead atoms. The SMILES string of the molecule is Cc1ccc(Oc2nc(NN)c(Cl)cc2Cl)cn1. The molecule has 94 valence electrons. The molecule has 0 saturated carbocycles. The highest BCUT2D eigenvalue weighted by Crippen LogP contribution is 2.32. The van der Waals surface area contributed by atoms with Crippen molar-refractivity contribution in [3.05, 3.63) is 40.1 Å². The highest BCUT2D eigenvalue weighted by molar-refractivity contribution is 6.36. The zero-order valence-corrected chi connectivity index (χ0v) is 11.0. The van der Waals surface area contributed by atoms with Crippen LogP contribution in [0.1, 0.15) is 5.69 Å². The Kier molecular flexibility index (Phi) is 3.86. The molecule has 2 heterocycles. The van der Waals surface area contributed by atoms with Crippen molar-refractivity contribution in [3.8, 4) is 11.6 Å². The molecule has 2 aromatic heterocycles. The monoisotopic (exact) mass is 284 g/mol. The van der Waals surface area contributed by atoms with Crippen LogP contribution >= 0.6 is 23.2 Å². The largest absolute Gasteiger partial charge is 0.436 e. The first-order valence-corrected chi connectivity index (χ1v) is 5.79. The number of hydrogen-bond donors (Lipinski definition) is 2. The van der Waals surface area contributed by atoms with Gasteiger partial charge in [-0.25, -0.2) is 5.84 Å². The minimum absolute atomic E-state index is 0.208. The maximum atomic E-state index is 5.98. The number of hydrazine groups is 1. The Labute approximate surface area is 114 Å². The van der Waals surface area contributed by atoms with Crippen LogP contribution in [0.15, 0.2) is 24.4 Å². The van der Waals surface area contributed by atoms with Crippen molar-refractivity contribution >= 4 is 29.0 Å². The number of halogens is 2. The van der Waals surface area contributed by atoms with E-state index in [1.165, 1.54) is 6.07 Å². The van der Waals surface area contributed by atoms with Gasteiger partial charge in [-0.3, -0.25) is 4.98 Å². The zero-order chi connectivity index (χ0) is 13.1. The number of nitrogen functional groups attached to an aromatic ring is 1. The van der Waals surface area contributed by atoms with Crippen molar-refractivity contribution in [3.63, 3.8) is 0 Å². The molecule has 0 aliphatic carbocycles. The van der Waals surface area contributed by atoms with Gasteiger partial charge < -0.3 is 10.2 Å². The van der Waals surface area contributed by atoms with Crippen LogP contribution in [0, 0.1) is 6.92 Å². The summed E-state index contributed by atoms with van der Waals surface area (Å²) in [6.45, 7) is 1.88. The fourth-order valence-electron chi connectivity index (χ4n) is 1.25. The summed E-state index contributed by atoms with van der Waals surface area (Å²) < 4.78 is 5.50. The van der Waals surface area contributed by atoms with E-state index in [1.807, 2.05) is 13.0 Å². The van der Waals surface area contributed by atoms with Gasteiger partial charge in [0.1, 0.15) is 10.8 Å². The smallest absolute Gasteiger partial charge is 0.240 e. The number of hydrogen-bond acceptors (Lipinski definition) is 5. The Morgan fingerprint density at radius 1 is 1.28 bits per heavy atom. The molecular formula is C11H10Cl2N4O. The van der Waals surface area contributed by atoms with Crippen LogP contribution in [-0.2, 0) is 0 Å². The van der Waals surface area contributed by atoms with E-state index < -0.39 is 0 Å². The third-order valence-electron chi connectivity index (χ3n) is 2.13. The lowest BCUT2D eigenvalue weighted by Gasteiger charge is -2.09. The number of nitrogens with two attached hydrogens (primary N) is 1. The Hall–Kier alpha value is -1.56. The maximum Gasteiger partial charge on any atom is 0.240 e. The van der Waals surface area contributed by atoms with Gasteiger partial charge in [-0.2, -0.15) is 4.98 Å². The van der Waals surface area contributed by atoms with Crippen LogP contribution in [0.2, 0.25) is 10.0 Å². The van der Waals surface area contributed by atoms with Crippen LogP contribution in [0.25, 0.3) is 0 Å². The van der Waals surface area contributed by atoms with Crippen molar-refractivity contribution in [2.45, 2.75) is 6.92 Å². The third-order valence-corrected chi connectivity index (χ3v) is 2.69. The summed E-state index contributed by atoms with van der Waals surface area (Å²) >= 11 is 11.8. The second-order valence-electron chi connectivity index (χ2n) is 3.49. The summed E-state index contributed by atoms with van der Waals surface area (Å²) in [6.07, 6.45) is 1.58. The minimum atomic E-state index is 0.208. The van der Waals surface area contributed by atoms with Gasteiger partial charge in [0, 0.05) is 5.69 Å². The minimum Gasteiger partial charge on any atom is -0.436 e. The number of ether oxygens (including phenoxy) is 1. The Morgan fingerprint density at radius 3 is 2.67 bits per heavy atom. The van der Waals surface area contributed by atoms with Gasteiger partial charge in [0.15, 0.2) is 5.82 Å². The summed E-state index contributed by atoms with van der Waals surface area (Å²) in [4.78, 5) is 8.16. The van der Waals surface area contributed by atoms with Gasteiger partial charge in [-0.1, -0.05) is 23.2 Å². The molecule has 0 aliphatic rings. The lowest BCUT2D eigenvalue weighted by molar-refractivity contribution is 0.461. The first kappa shape index (κ1) is 12.9. The molecule has 0 aliphatic heterocycles. The van der Waals surface area contributed by atoms with E-state index in [4.69, 9.17) is 33.8 Å². The van der Waals surface area contributed by atoms with Crippen molar-refractivity contribution in [2.75, 3.05) is 5.43 Å². The molecule has 0 saturated heterocycles. The molecule has 0 spiro atoms. The quantitative estimate of drug-likeness (QED) is 0.669. The molecule has 2 aromatic rings. The molecule has 0 unspecified atom stereocenters. The number of rotatable bonds is 3. The molecule has 3 N–H and O–H groups in total. The molecule has 5 nitrogen and oxygen atoms in total. The Morgan fingerprint density at radius 2 is 2.06 bits per heavy atom. The van der Waals surface area contributed by atoms with Crippen molar-refractivity contribution < 1.29 is 4.74 Å². The number of anilines is 1. The number of aromatic nitrogens is 2. The molecule has 0 radical (unpaired) electrons. The van der Waals surface area contributed by atoms with Gasteiger partial charge in [0.05, 0.1) is 11.2 Å². The summed E-state index contributed by atoms with van der Waals surface area (Å²) in [5, 5.41) is 0.608. The molecule has 0 amide bonds. The van der Waals surface area contributed by atoms with Crippen LogP contribution in [-0.4, -0.2) is 9.97 Å². The highest BCUT2D eigenvalue weighted by atomic mass is 35.5. The molecule has 0 aromatic carbocycles. The first-order valence-electron chi connectivity index (χ1n) is 5.03. The summed E-state index contributed by atoms with van der Waals surface area (Å²) in [5.74, 6) is 6.30. The Bertz CT molecular complexity index is 560. The van der Waals surface area contributed by atoms with E-state index in [9.17, 15) is 0 Å². The summed E-state index contributed by atoms with van der Waals surface area (Å²) in [7, 11) is 0. The van der Waals surface area contributed by atoms with Gasteiger partial charge in [0.25, 0.3) is 0 Å². The van der Waals surface area contributed by atoms with E-state index in [-0.39, 0.29) is 11.7 Å². The normalized spacial score (nSPS) is 10.2. The Balaban J connectivity index is 2.31. The maximum absolute atomic E-state index is 5.98. The predicted octanol–water partition coefficient (Wildman–Crippen LogP) is 3.17. The number of aryl methyl sites for hydroxylation is 1. The van der Waals surface area contributed by atoms with Crippen LogP contribution in [0.3, 0.4) is 0 Å². The van der Waals surface area contributed by atoms with E-state index in [0.717, 1.165) is 5.69 Å². The molecule has 0 fully saturated rings. The number of pyridine rings is 2. The third kappa shape index (κ3) is 2.81. The summed E-state index contributed by atoms with van der Waals surface area (Å²) in [5.41, 5.74) is 3.25. The van der Waals surface area contributed by atoms with Crippen LogP contribution < -0.4 is 16.0 Å². The molecule has 2 rings (SSSR count). The van der Waals surface area contributed by atoms with Gasteiger partial charge in [-0.15, -0.1) is 0 Å². The number of nitrogens with zero attached hydrogens (tertiary/aromatic N) is 2. The fourth-order valence-corrected chi connectivity index (χ4v) is 1.70. The highest BCUT2D eigenvalue weighted by Gasteiger charge is 2.10. The average Bonchev–Trinajstić information content (AvgIpc) is 2.35. The summed E-state index contributed by atoms with van der Waals surface area (Å²) in [6, 6.07) is 5.09. The standard InChI is InChI=1S/C11H10Cl2N4O/c1-6-2-3-7(5-15-6)18-11-9(13)4-8(12)10(16-11)17-14/h2-5H,14H2,1H3,(H,16,17). The second-order valence-corrected chi connectivity index (χ2v) is 4.30. The average molecular weight is 285 g/mol. The van der Waals surface area contributed by atoms with E-state index in [2.05, 4.69) is 15.4 Å². The van der Waals surface area contributed by atoms with Gasteiger partial charge in [-0.05, 0) is 25.1 Å². The van der Waals surface area contributed by atoms with E-state index >= 15 is 0 Å². The second kappa shape index (κ2) is 5.39. The molecule has 7 heteroatoms. The molecular weight excluding hydrogens is 275 g/mol. The van der Waals surface area contributed by atoms with Crippen molar-refractivity contribution in [1.29, 1.82) is 0 Å². The predicted molar refractivity (Wildman–Crippen MR) is 71.1 cm³/mol. The topological polar surface area (TPSA) is 73.1 Å². The van der Waals surface area contributed by atoms with Gasteiger partial charge >= 0.3 is 0 Å². The van der Waals surface area contributed by atoms with E-state index in [0.29, 0.717) is 15.8 Å². The van der Waals surface area contributed by atoms with Crippen LogP contribution in [0.5, 0.6) is 11.6 Å². The molecule has 18 heavy (non-hydrogen) atoms. The van der Waals surface area contributed by atoms with Gasteiger partial charge in [0.2, 0.25) is 5.88 Å². The van der Waals surface area contributed by atoms with Crippen molar-refractivity contribution in [1.82, 2.24) is 9.97 Å². The van der Waals surface area contributed by atoms with Crippen molar-refractivity contribution in [2.24, 2.45) is 5.84 Å². The first-order chi connectivity index (χ1) is 8.60. The number of nitrogens with one attached hydrogen (secondary N) is 1. The van der Waals surface area contributed by atoms with Crippen LogP contribution in [0.4, 0.5) is 5.82 Å². The fraction of sp³-hybridized carbons (Fsp3) is 0.0909. The lowest BCUT2D eigenvalue weighted by Crippen LogP contribution is -2.09.